The van der Waals surface area contributed by atoms with Gasteiger partial charge in [0.05, 0.1) is 0 Å². The number of hydrogen-bond donors (Lipinski definition) is 1. The van der Waals surface area contributed by atoms with Crippen molar-refractivity contribution in [3.8, 4) is 0 Å². The zero-order chi connectivity index (χ0) is 6.48. The van der Waals surface area contributed by atoms with Gasteiger partial charge in [0, 0.05) is 6.54 Å². The second-order valence-electron chi connectivity index (χ2n) is 2.86. The summed E-state index contributed by atoms with van der Waals surface area (Å²) in [4.78, 5) is 12.5. The van der Waals surface area contributed by atoms with Crippen LogP contribution in [0.25, 0.3) is 0 Å². The van der Waals surface area contributed by atoms with Gasteiger partial charge in [-0.05, 0) is 19.4 Å². The van der Waals surface area contributed by atoms with Crippen LogP contribution in [0, 0.1) is 0 Å². The lowest BCUT2D eigenvalue weighted by atomic mass is 10.1. The Labute approximate surface area is 53.3 Å². The number of nitrogens with zero attached hydrogens (tertiary/aromatic N) is 1. The van der Waals surface area contributed by atoms with Gasteiger partial charge >= 0.3 is 5.97 Å². The first-order chi connectivity index (χ1) is 4.26. The lowest BCUT2D eigenvalue weighted by Crippen LogP contribution is -2.24. The summed E-state index contributed by atoms with van der Waals surface area (Å²) in [6.07, 6.45) is 1.93. The number of fused-ring (bicyclic) bond motifs is 1. The molecule has 2 rings (SSSR count). The van der Waals surface area contributed by atoms with Crippen LogP contribution in [-0.2, 0) is 4.79 Å². The SMILES string of the molecule is O=C(O)[C@@]12CCCN1C2. The minimum absolute atomic E-state index is 0.389. The van der Waals surface area contributed by atoms with E-state index in [9.17, 15) is 4.79 Å². The topological polar surface area (TPSA) is 40.3 Å². The third-order valence-electron chi connectivity index (χ3n) is 2.37. The summed E-state index contributed by atoms with van der Waals surface area (Å²) in [5, 5.41) is 8.67. The fourth-order valence-electron chi connectivity index (χ4n) is 1.68. The first-order valence-electron chi connectivity index (χ1n) is 3.24. The standard InChI is InChI=1S/C6H9NO2/c8-5(9)6-2-1-3-7(6)4-6/h1-4H2,(H,8,9)/t6-,7?/m0/s1. The van der Waals surface area contributed by atoms with Crippen LogP contribution in [0.1, 0.15) is 12.8 Å². The van der Waals surface area contributed by atoms with Crippen molar-refractivity contribution in [1.82, 2.24) is 4.90 Å². The quantitative estimate of drug-likeness (QED) is 0.501. The molecule has 0 amide bonds. The Bertz CT molecular complexity index is 168. The van der Waals surface area contributed by atoms with Crippen LogP contribution in [0.5, 0.6) is 0 Å². The average molecular weight is 127 g/mol. The van der Waals surface area contributed by atoms with E-state index in [1.54, 1.807) is 0 Å². The molecule has 2 aliphatic heterocycles. The molecule has 2 atom stereocenters. The molecule has 9 heavy (non-hydrogen) atoms. The fourth-order valence-corrected chi connectivity index (χ4v) is 1.68. The summed E-state index contributed by atoms with van der Waals surface area (Å²) in [5.74, 6) is -0.625. The number of aliphatic carboxylic acids is 1. The van der Waals surface area contributed by atoms with E-state index in [4.69, 9.17) is 5.11 Å². The van der Waals surface area contributed by atoms with Gasteiger partial charge in [0.2, 0.25) is 0 Å². The van der Waals surface area contributed by atoms with Crippen molar-refractivity contribution in [3.05, 3.63) is 0 Å². The van der Waals surface area contributed by atoms with Gasteiger partial charge in [0.1, 0.15) is 5.54 Å². The van der Waals surface area contributed by atoms with E-state index in [0.717, 1.165) is 25.9 Å². The zero-order valence-corrected chi connectivity index (χ0v) is 5.13. The predicted molar refractivity (Wildman–Crippen MR) is 31.2 cm³/mol. The molecule has 0 radical (unpaired) electrons. The van der Waals surface area contributed by atoms with Crippen LogP contribution in [0.3, 0.4) is 0 Å². The summed E-state index contributed by atoms with van der Waals surface area (Å²) < 4.78 is 0. The minimum atomic E-state index is -0.625. The molecule has 50 valence electrons. The van der Waals surface area contributed by atoms with Crippen molar-refractivity contribution in [2.24, 2.45) is 0 Å². The van der Waals surface area contributed by atoms with E-state index in [1.165, 1.54) is 0 Å². The van der Waals surface area contributed by atoms with Gasteiger partial charge in [0.15, 0.2) is 0 Å². The van der Waals surface area contributed by atoms with Crippen molar-refractivity contribution >= 4 is 5.97 Å². The molecule has 3 nitrogen and oxygen atoms in total. The monoisotopic (exact) mass is 127 g/mol. The number of carboxylic acids is 1. The largest absolute Gasteiger partial charge is 0.480 e. The Hall–Kier alpha value is -0.570. The summed E-state index contributed by atoms with van der Waals surface area (Å²) in [6.45, 7) is 1.79. The van der Waals surface area contributed by atoms with Crippen molar-refractivity contribution in [3.63, 3.8) is 0 Å². The molecule has 0 aromatic heterocycles. The summed E-state index contributed by atoms with van der Waals surface area (Å²) in [5.41, 5.74) is -0.389. The van der Waals surface area contributed by atoms with Gasteiger partial charge in [-0.25, -0.2) is 0 Å². The van der Waals surface area contributed by atoms with Crippen molar-refractivity contribution in [2.75, 3.05) is 13.1 Å². The van der Waals surface area contributed by atoms with Gasteiger partial charge in [-0.1, -0.05) is 0 Å². The molecule has 0 aliphatic carbocycles. The molecule has 2 aliphatic rings. The highest BCUT2D eigenvalue weighted by Gasteiger charge is 2.60. The molecule has 2 fully saturated rings. The molecule has 0 aromatic rings. The highest BCUT2D eigenvalue weighted by atomic mass is 16.4. The van der Waals surface area contributed by atoms with Crippen molar-refractivity contribution in [1.29, 1.82) is 0 Å². The van der Waals surface area contributed by atoms with E-state index in [2.05, 4.69) is 0 Å². The van der Waals surface area contributed by atoms with Gasteiger partial charge in [-0.3, -0.25) is 9.69 Å². The lowest BCUT2D eigenvalue weighted by molar-refractivity contribution is -0.140. The molecule has 0 saturated carbocycles. The first-order valence-corrected chi connectivity index (χ1v) is 3.24. The summed E-state index contributed by atoms with van der Waals surface area (Å²) in [6, 6.07) is 0. The van der Waals surface area contributed by atoms with Crippen LogP contribution in [0.4, 0.5) is 0 Å². The van der Waals surface area contributed by atoms with E-state index in [0.29, 0.717) is 0 Å². The van der Waals surface area contributed by atoms with Gasteiger partial charge < -0.3 is 5.11 Å². The highest BCUT2D eigenvalue weighted by Crippen LogP contribution is 2.42. The highest BCUT2D eigenvalue weighted by molar-refractivity contribution is 5.83. The minimum Gasteiger partial charge on any atom is -0.480 e. The molecule has 3 heteroatoms. The Morgan fingerprint density at radius 1 is 1.67 bits per heavy atom. The Kier molecular flexibility index (Phi) is 0.750. The second kappa shape index (κ2) is 1.29. The van der Waals surface area contributed by atoms with Gasteiger partial charge in [0.25, 0.3) is 0 Å². The number of hydrogen-bond acceptors (Lipinski definition) is 2. The average Bonchev–Trinajstić information content (AvgIpc) is 2.38. The van der Waals surface area contributed by atoms with Crippen LogP contribution in [0.2, 0.25) is 0 Å². The van der Waals surface area contributed by atoms with Crippen LogP contribution >= 0.6 is 0 Å². The zero-order valence-electron chi connectivity index (χ0n) is 5.13. The van der Waals surface area contributed by atoms with Gasteiger partial charge in [-0.2, -0.15) is 0 Å². The second-order valence-corrected chi connectivity index (χ2v) is 2.86. The van der Waals surface area contributed by atoms with E-state index < -0.39 is 5.97 Å². The molecule has 1 N–H and O–H groups in total. The third kappa shape index (κ3) is 0.477. The summed E-state index contributed by atoms with van der Waals surface area (Å²) >= 11 is 0. The number of carboxylic acid groups (broad SMARTS) is 1. The molecule has 0 aromatic carbocycles. The third-order valence-corrected chi connectivity index (χ3v) is 2.37. The lowest BCUT2D eigenvalue weighted by Gasteiger charge is -1.99. The van der Waals surface area contributed by atoms with Crippen molar-refractivity contribution < 1.29 is 9.90 Å². The molecule has 0 bridgehead atoms. The molecular weight excluding hydrogens is 118 g/mol. The Morgan fingerprint density at radius 2 is 2.44 bits per heavy atom. The van der Waals surface area contributed by atoms with E-state index in [1.807, 2.05) is 4.90 Å². The maximum atomic E-state index is 10.5. The normalized spacial score (nSPS) is 46.4. The molecule has 2 heterocycles. The molecule has 2 saturated heterocycles. The van der Waals surface area contributed by atoms with Crippen molar-refractivity contribution in [2.45, 2.75) is 18.4 Å². The maximum absolute atomic E-state index is 10.5. The maximum Gasteiger partial charge on any atom is 0.325 e. The molecule has 1 unspecified atom stereocenters. The molecule has 0 spiro atoms. The number of carbonyl (C=O) groups is 1. The number of piperidine rings is 1. The fraction of sp³-hybridized carbons (Fsp3) is 0.833. The van der Waals surface area contributed by atoms with E-state index in [-0.39, 0.29) is 5.54 Å². The van der Waals surface area contributed by atoms with Gasteiger partial charge in [-0.15, -0.1) is 0 Å². The van der Waals surface area contributed by atoms with Crippen LogP contribution < -0.4 is 0 Å². The van der Waals surface area contributed by atoms with Crippen LogP contribution in [-0.4, -0.2) is 34.6 Å². The predicted octanol–water partition coefficient (Wildman–Crippen LogP) is -0.0808. The molecular formula is C6H9NO2. The number of rotatable bonds is 1. The first kappa shape index (κ1) is 5.23. The Balaban J connectivity index is 2.19. The smallest absolute Gasteiger partial charge is 0.325 e. The summed E-state index contributed by atoms with van der Waals surface area (Å²) in [7, 11) is 0. The van der Waals surface area contributed by atoms with E-state index >= 15 is 0 Å². The Morgan fingerprint density at radius 3 is 2.67 bits per heavy atom. The van der Waals surface area contributed by atoms with Crippen LogP contribution in [0.15, 0.2) is 0 Å².